The summed E-state index contributed by atoms with van der Waals surface area (Å²) >= 11 is 3.56. The Hall–Kier alpha value is -0.540. The molecule has 0 amide bonds. The first-order valence-electron chi connectivity index (χ1n) is 6.84. The lowest BCUT2D eigenvalue weighted by Crippen LogP contribution is -2.15. The third-order valence-electron chi connectivity index (χ3n) is 3.68. The molecule has 0 heterocycles. The molecule has 1 atom stereocenters. The van der Waals surface area contributed by atoms with Gasteiger partial charge < -0.3 is 10.5 Å². The molecule has 0 bridgehead atoms. The van der Waals surface area contributed by atoms with Crippen LogP contribution < -0.4 is 10.5 Å². The molecule has 0 radical (unpaired) electrons. The smallest absolute Gasteiger partial charge is 0.133 e. The van der Waals surface area contributed by atoms with Crippen LogP contribution in [0.3, 0.4) is 0 Å². The van der Waals surface area contributed by atoms with E-state index in [0.29, 0.717) is 0 Å². The summed E-state index contributed by atoms with van der Waals surface area (Å²) in [6.45, 7) is 2.83. The molecule has 0 aliphatic heterocycles. The molecule has 0 aromatic heterocycles. The minimum atomic E-state index is 0.0636. The molecule has 1 aromatic rings. The first-order valence-corrected chi connectivity index (χ1v) is 7.64. The minimum absolute atomic E-state index is 0.0636. The van der Waals surface area contributed by atoms with Crippen LogP contribution in [0.2, 0.25) is 0 Å². The van der Waals surface area contributed by atoms with E-state index in [0.717, 1.165) is 28.3 Å². The highest BCUT2D eigenvalue weighted by atomic mass is 79.9. The standard InChI is InChI=1S/C15H22BrNO/c1-11(17)13-7-8-15(14(16)9-13)18-10-12-5-3-2-4-6-12/h7-9,11-12H,2-6,10,17H2,1H3. The van der Waals surface area contributed by atoms with Crippen LogP contribution >= 0.6 is 15.9 Å². The van der Waals surface area contributed by atoms with E-state index in [1.807, 2.05) is 19.1 Å². The second-order valence-electron chi connectivity index (χ2n) is 5.29. The molecule has 1 fully saturated rings. The van der Waals surface area contributed by atoms with Gasteiger partial charge in [0.05, 0.1) is 11.1 Å². The van der Waals surface area contributed by atoms with Crippen molar-refractivity contribution in [1.29, 1.82) is 0 Å². The molecule has 1 saturated carbocycles. The average Bonchev–Trinajstić information content (AvgIpc) is 2.38. The number of ether oxygens (including phenoxy) is 1. The topological polar surface area (TPSA) is 35.2 Å². The van der Waals surface area contributed by atoms with Crippen LogP contribution in [-0.4, -0.2) is 6.61 Å². The summed E-state index contributed by atoms with van der Waals surface area (Å²) in [5.74, 6) is 1.67. The van der Waals surface area contributed by atoms with Crippen LogP contribution in [0.15, 0.2) is 22.7 Å². The maximum Gasteiger partial charge on any atom is 0.133 e. The lowest BCUT2D eigenvalue weighted by atomic mass is 9.90. The van der Waals surface area contributed by atoms with Crippen LogP contribution in [0.1, 0.15) is 50.6 Å². The molecule has 1 aromatic carbocycles. The number of rotatable bonds is 4. The summed E-state index contributed by atoms with van der Waals surface area (Å²) in [6.07, 6.45) is 6.74. The fourth-order valence-corrected chi connectivity index (χ4v) is 2.99. The molecule has 1 aliphatic rings. The van der Waals surface area contributed by atoms with E-state index in [1.165, 1.54) is 32.1 Å². The number of nitrogens with two attached hydrogens (primary N) is 1. The lowest BCUT2D eigenvalue weighted by Gasteiger charge is -2.22. The quantitative estimate of drug-likeness (QED) is 0.893. The van der Waals surface area contributed by atoms with Gasteiger partial charge in [0.15, 0.2) is 0 Å². The zero-order valence-corrected chi connectivity index (χ0v) is 12.6. The minimum Gasteiger partial charge on any atom is -0.492 e. The van der Waals surface area contributed by atoms with Gasteiger partial charge in [-0.3, -0.25) is 0 Å². The Bertz CT molecular complexity index is 386. The highest BCUT2D eigenvalue weighted by Gasteiger charge is 2.14. The Labute approximate surface area is 118 Å². The van der Waals surface area contributed by atoms with Gasteiger partial charge in [0, 0.05) is 6.04 Å². The summed E-state index contributed by atoms with van der Waals surface area (Å²) in [7, 11) is 0. The van der Waals surface area contributed by atoms with E-state index >= 15 is 0 Å². The molecule has 1 unspecified atom stereocenters. The van der Waals surface area contributed by atoms with E-state index in [4.69, 9.17) is 10.5 Å². The number of benzene rings is 1. The molecule has 0 saturated heterocycles. The van der Waals surface area contributed by atoms with Crippen molar-refractivity contribution in [3.63, 3.8) is 0 Å². The largest absolute Gasteiger partial charge is 0.492 e. The zero-order chi connectivity index (χ0) is 13.0. The fourth-order valence-electron chi connectivity index (χ4n) is 2.48. The highest BCUT2D eigenvalue weighted by molar-refractivity contribution is 9.10. The number of halogens is 1. The maximum atomic E-state index is 5.92. The molecule has 0 spiro atoms. The Morgan fingerprint density at radius 1 is 1.33 bits per heavy atom. The Morgan fingerprint density at radius 3 is 2.67 bits per heavy atom. The third-order valence-corrected chi connectivity index (χ3v) is 4.30. The van der Waals surface area contributed by atoms with Gasteiger partial charge in [-0.15, -0.1) is 0 Å². The average molecular weight is 312 g/mol. The van der Waals surface area contributed by atoms with E-state index < -0.39 is 0 Å². The predicted molar refractivity (Wildman–Crippen MR) is 78.8 cm³/mol. The molecule has 100 valence electrons. The molecular weight excluding hydrogens is 290 g/mol. The Balaban J connectivity index is 1.92. The van der Waals surface area contributed by atoms with E-state index in [9.17, 15) is 0 Å². The van der Waals surface area contributed by atoms with Crippen molar-refractivity contribution in [2.45, 2.75) is 45.1 Å². The summed E-state index contributed by atoms with van der Waals surface area (Å²) in [5, 5.41) is 0. The van der Waals surface area contributed by atoms with Crippen molar-refractivity contribution in [2.24, 2.45) is 11.7 Å². The number of hydrogen-bond donors (Lipinski definition) is 1. The van der Waals surface area contributed by atoms with Crippen molar-refractivity contribution in [1.82, 2.24) is 0 Å². The molecule has 18 heavy (non-hydrogen) atoms. The first kappa shape index (κ1) is 13.9. The normalized spacial score (nSPS) is 18.6. The molecule has 2 N–H and O–H groups in total. The molecule has 1 aliphatic carbocycles. The van der Waals surface area contributed by atoms with Gasteiger partial charge in [0.25, 0.3) is 0 Å². The van der Waals surface area contributed by atoms with Crippen molar-refractivity contribution in [3.05, 3.63) is 28.2 Å². The van der Waals surface area contributed by atoms with Gasteiger partial charge in [0.2, 0.25) is 0 Å². The monoisotopic (exact) mass is 311 g/mol. The van der Waals surface area contributed by atoms with Crippen LogP contribution in [0, 0.1) is 5.92 Å². The zero-order valence-electron chi connectivity index (χ0n) is 11.0. The van der Waals surface area contributed by atoms with Gasteiger partial charge in [-0.2, -0.15) is 0 Å². The summed E-state index contributed by atoms with van der Waals surface area (Å²) in [6, 6.07) is 6.19. The number of hydrogen-bond acceptors (Lipinski definition) is 2. The highest BCUT2D eigenvalue weighted by Crippen LogP contribution is 2.30. The summed E-state index contributed by atoms with van der Waals surface area (Å²) in [4.78, 5) is 0. The van der Waals surface area contributed by atoms with Crippen LogP contribution in [0.25, 0.3) is 0 Å². The van der Waals surface area contributed by atoms with Crippen LogP contribution in [0.4, 0.5) is 0 Å². The Morgan fingerprint density at radius 2 is 2.06 bits per heavy atom. The molecule has 2 rings (SSSR count). The lowest BCUT2D eigenvalue weighted by molar-refractivity contribution is 0.208. The fraction of sp³-hybridized carbons (Fsp3) is 0.600. The second-order valence-corrected chi connectivity index (χ2v) is 6.15. The first-order chi connectivity index (χ1) is 8.66. The van der Waals surface area contributed by atoms with E-state index in [1.54, 1.807) is 0 Å². The van der Waals surface area contributed by atoms with Crippen molar-refractivity contribution in [2.75, 3.05) is 6.61 Å². The van der Waals surface area contributed by atoms with Crippen LogP contribution in [0.5, 0.6) is 5.75 Å². The van der Waals surface area contributed by atoms with Gasteiger partial charge >= 0.3 is 0 Å². The van der Waals surface area contributed by atoms with E-state index in [-0.39, 0.29) is 6.04 Å². The van der Waals surface area contributed by atoms with Gasteiger partial charge in [-0.05, 0) is 59.3 Å². The van der Waals surface area contributed by atoms with Gasteiger partial charge in [0.1, 0.15) is 5.75 Å². The van der Waals surface area contributed by atoms with E-state index in [2.05, 4.69) is 22.0 Å². The predicted octanol–water partition coefficient (Wildman–Crippen LogP) is 4.43. The van der Waals surface area contributed by atoms with Crippen LogP contribution in [-0.2, 0) is 0 Å². The third kappa shape index (κ3) is 3.72. The van der Waals surface area contributed by atoms with Crippen molar-refractivity contribution in [3.8, 4) is 5.75 Å². The van der Waals surface area contributed by atoms with Crippen molar-refractivity contribution >= 4 is 15.9 Å². The summed E-state index contributed by atoms with van der Waals surface area (Å²) < 4.78 is 6.93. The maximum absolute atomic E-state index is 5.92. The SMILES string of the molecule is CC(N)c1ccc(OCC2CCCCC2)c(Br)c1. The molecule has 3 heteroatoms. The van der Waals surface area contributed by atoms with Gasteiger partial charge in [-0.25, -0.2) is 0 Å². The van der Waals surface area contributed by atoms with Gasteiger partial charge in [-0.1, -0.05) is 25.3 Å². The second kappa shape index (κ2) is 6.58. The molecular formula is C15H22BrNO. The molecule has 2 nitrogen and oxygen atoms in total. The Kier molecular flexibility index (Phi) is 5.07. The summed E-state index contributed by atoms with van der Waals surface area (Å²) in [5.41, 5.74) is 6.99. The van der Waals surface area contributed by atoms with Crippen molar-refractivity contribution < 1.29 is 4.74 Å².